The minimum atomic E-state index is 0.0840. The fraction of sp³-hybridized carbons (Fsp3) is 0.278. The quantitative estimate of drug-likeness (QED) is 0.686. The third-order valence-electron chi connectivity index (χ3n) is 3.80. The van der Waals surface area contributed by atoms with Crippen molar-refractivity contribution in [3.63, 3.8) is 0 Å². The molecule has 0 N–H and O–H groups in total. The average Bonchev–Trinajstić information content (AvgIpc) is 3.10. The second-order valence-corrected chi connectivity index (χ2v) is 6.45. The Morgan fingerprint density at radius 2 is 2.00 bits per heavy atom. The molecule has 0 aliphatic rings. The zero-order chi connectivity index (χ0) is 15.5. The Labute approximate surface area is 134 Å². The van der Waals surface area contributed by atoms with Crippen LogP contribution in [0.15, 0.2) is 47.8 Å². The molecule has 1 aromatic carbocycles. The summed E-state index contributed by atoms with van der Waals surface area (Å²) in [6.45, 7) is 3.64. The van der Waals surface area contributed by atoms with E-state index in [1.54, 1.807) is 16.2 Å². The predicted octanol–water partition coefficient (Wildman–Crippen LogP) is 4.39. The van der Waals surface area contributed by atoms with E-state index in [9.17, 15) is 4.79 Å². The summed E-state index contributed by atoms with van der Waals surface area (Å²) in [4.78, 5) is 14.6. The molecule has 2 heterocycles. The number of benzene rings is 1. The van der Waals surface area contributed by atoms with Gasteiger partial charge in [0.25, 0.3) is 5.91 Å². The van der Waals surface area contributed by atoms with Crippen LogP contribution in [-0.4, -0.2) is 22.4 Å². The first-order valence-corrected chi connectivity index (χ1v) is 8.44. The normalized spacial score (nSPS) is 11.0. The first-order chi connectivity index (χ1) is 10.7. The molecule has 0 atom stereocenters. The Balaban J connectivity index is 1.87. The third kappa shape index (κ3) is 2.79. The maximum atomic E-state index is 12.8. The van der Waals surface area contributed by atoms with Crippen LogP contribution in [0.4, 0.5) is 0 Å². The van der Waals surface area contributed by atoms with Gasteiger partial charge in [-0.3, -0.25) is 4.79 Å². The van der Waals surface area contributed by atoms with E-state index < -0.39 is 0 Å². The lowest BCUT2D eigenvalue weighted by atomic mass is 10.2. The van der Waals surface area contributed by atoms with Crippen molar-refractivity contribution < 1.29 is 4.79 Å². The van der Waals surface area contributed by atoms with Crippen molar-refractivity contribution in [2.24, 2.45) is 0 Å². The maximum Gasteiger partial charge on any atom is 0.270 e. The first kappa shape index (κ1) is 14.9. The lowest BCUT2D eigenvalue weighted by Crippen LogP contribution is -2.28. The number of aryl methyl sites for hydroxylation is 1. The van der Waals surface area contributed by atoms with E-state index in [0.29, 0.717) is 6.54 Å². The number of aromatic nitrogens is 1. The number of fused-ring (bicyclic) bond motifs is 1. The van der Waals surface area contributed by atoms with Gasteiger partial charge in [0.2, 0.25) is 0 Å². The molecule has 3 aromatic rings. The number of rotatable bonds is 5. The van der Waals surface area contributed by atoms with Gasteiger partial charge < -0.3 is 9.47 Å². The minimum absolute atomic E-state index is 0.0840. The Bertz CT molecular complexity index is 773. The van der Waals surface area contributed by atoms with Crippen LogP contribution in [0, 0.1) is 0 Å². The molecule has 114 valence electrons. The Kier molecular flexibility index (Phi) is 4.29. The van der Waals surface area contributed by atoms with Crippen LogP contribution in [0.2, 0.25) is 0 Å². The van der Waals surface area contributed by atoms with Crippen molar-refractivity contribution in [3.05, 3.63) is 59.1 Å². The van der Waals surface area contributed by atoms with Crippen molar-refractivity contribution in [2.45, 2.75) is 26.4 Å². The zero-order valence-electron chi connectivity index (χ0n) is 13.0. The summed E-state index contributed by atoms with van der Waals surface area (Å²) in [6.07, 6.45) is 1.02. The van der Waals surface area contributed by atoms with Crippen LogP contribution in [0.1, 0.15) is 29.4 Å². The van der Waals surface area contributed by atoms with E-state index in [4.69, 9.17) is 0 Å². The fourth-order valence-corrected chi connectivity index (χ4v) is 3.57. The van der Waals surface area contributed by atoms with E-state index in [-0.39, 0.29) is 5.91 Å². The van der Waals surface area contributed by atoms with Crippen molar-refractivity contribution in [1.29, 1.82) is 0 Å². The molecule has 0 saturated carbocycles. The molecular formula is C18H20N2OS. The molecule has 4 heteroatoms. The van der Waals surface area contributed by atoms with Gasteiger partial charge in [0.1, 0.15) is 5.69 Å². The van der Waals surface area contributed by atoms with Crippen LogP contribution >= 0.6 is 11.3 Å². The number of hydrogen-bond acceptors (Lipinski definition) is 2. The largest absolute Gasteiger partial charge is 0.336 e. The van der Waals surface area contributed by atoms with Crippen LogP contribution in [0.3, 0.4) is 0 Å². The number of amides is 1. The summed E-state index contributed by atoms with van der Waals surface area (Å²) < 4.78 is 3.33. The lowest BCUT2D eigenvalue weighted by molar-refractivity contribution is 0.0775. The predicted molar refractivity (Wildman–Crippen MR) is 92.3 cm³/mol. The van der Waals surface area contributed by atoms with Gasteiger partial charge in [-0.15, -0.1) is 11.3 Å². The summed E-state index contributed by atoms with van der Waals surface area (Å²) in [5.74, 6) is 0.0840. The minimum Gasteiger partial charge on any atom is -0.336 e. The molecule has 3 nitrogen and oxygen atoms in total. The van der Waals surface area contributed by atoms with Gasteiger partial charge in [-0.05, 0) is 29.5 Å². The van der Waals surface area contributed by atoms with E-state index >= 15 is 0 Å². The summed E-state index contributed by atoms with van der Waals surface area (Å²) in [7, 11) is 1.87. The van der Waals surface area contributed by atoms with Crippen LogP contribution in [0.5, 0.6) is 0 Å². The van der Waals surface area contributed by atoms with Crippen LogP contribution < -0.4 is 0 Å². The number of thiophene rings is 1. The Morgan fingerprint density at radius 1 is 1.23 bits per heavy atom. The van der Waals surface area contributed by atoms with Gasteiger partial charge >= 0.3 is 0 Å². The summed E-state index contributed by atoms with van der Waals surface area (Å²) in [5, 5.41) is 2.08. The zero-order valence-corrected chi connectivity index (χ0v) is 13.8. The molecule has 22 heavy (non-hydrogen) atoms. The van der Waals surface area contributed by atoms with Crippen molar-refractivity contribution in [1.82, 2.24) is 9.47 Å². The highest BCUT2D eigenvalue weighted by atomic mass is 32.1. The highest BCUT2D eigenvalue weighted by Crippen LogP contribution is 2.26. The number of nitrogens with zero attached hydrogens (tertiary/aromatic N) is 2. The van der Waals surface area contributed by atoms with Crippen molar-refractivity contribution in [2.75, 3.05) is 7.05 Å². The second-order valence-electron chi connectivity index (χ2n) is 5.50. The third-order valence-corrected chi connectivity index (χ3v) is 4.65. The molecule has 0 aliphatic heterocycles. The average molecular weight is 312 g/mol. The Hall–Kier alpha value is -2.07. The molecule has 1 amide bonds. The lowest BCUT2D eigenvalue weighted by Gasteiger charge is -2.18. The number of hydrogen-bond donors (Lipinski definition) is 0. The van der Waals surface area contributed by atoms with Gasteiger partial charge in [0.15, 0.2) is 0 Å². The summed E-state index contributed by atoms with van der Waals surface area (Å²) >= 11 is 1.69. The van der Waals surface area contributed by atoms with Gasteiger partial charge in [-0.2, -0.15) is 0 Å². The van der Waals surface area contributed by atoms with E-state index in [1.807, 2.05) is 43.4 Å². The van der Waals surface area contributed by atoms with Gasteiger partial charge in [-0.1, -0.05) is 37.3 Å². The molecule has 0 aliphatic carbocycles. The van der Waals surface area contributed by atoms with Crippen LogP contribution in [-0.2, 0) is 13.1 Å². The highest BCUT2D eigenvalue weighted by molar-refractivity contribution is 7.17. The van der Waals surface area contributed by atoms with Gasteiger partial charge in [0, 0.05) is 20.1 Å². The second kappa shape index (κ2) is 6.36. The molecule has 0 bridgehead atoms. The highest BCUT2D eigenvalue weighted by Gasteiger charge is 2.19. The molecule has 3 rings (SSSR count). The molecule has 0 spiro atoms. The van der Waals surface area contributed by atoms with E-state index in [0.717, 1.165) is 24.2 Å². The summed E-state index contributed by atoms with van der Waals surface area (Å²) in [6, 6.07) is 14.2. The van der Waals surface area contributed by atoms with Gasteiger partial charge in [0.05, 0.1) is 10.2 Å². The van der Waals surface area contributed by atoms with Gasteiger partial charge in [-0.25, -0.2) is 0 Å². The number of carbonyl (C=O) groups is 1. The monoisotopic (exact) mass is 312 g/mol. The van der Waals surface area contributed by atoms with Crippen molar-refractivity contribution in [3.8, 4) is 0 Å². The van der Waals surface area contributed by atoms with E-state index in [1.165, 1.54) is 10.2 Å². The van der Waals surface area contributed by atoms with Crippen molar-refractivity contribution >= 4 is 27.5 Å². The van der Waals surface area contributed by atoms with E-state index in [2.05, 4.69) is 22.9 Å². The molecule has 0 saturated heterocycles. The van der Waals surface area contributed by atoms with Crippen LogP contribution in [0.25, 0.3) is 10.2 Å². The fourth-order valence-electron chi connectivity index (χ4n) is 2.74. The SMILES string of the molecule is CCCn1c(C(=O)N(C)Cc2ccccc2)cc2sccc21. The molecule has 0 radical (unpaired) electrons. The topological polar surface area (TPSA) is 25.2 Å². The Morgan fingerprint density at radius 3 is 2.73 bits per heavy atom. The smallest absolute Gasteiger partial charge is 0.270 e. The first-order valence-electron chi connectivity index (χ1n) is 7.57. The molecule has 0 unspecified atom stereocenters. The maximum absolute atomic E-state index is 12.8. The molecule has 0 fully saturated rings. The number of carbonyl (C=O) groups excluding carboxylic acids is 1. The molecular weight excluding hydrogens is 292 g/mol. The standard InChI is InChI=1S/C18H20N2OS/c1-3-10-20-15-9-11-22-17(15)12-16(20)18(21)19(2)13-14-7-5-4-6-8-14/h4-9,11-12H,3,10,13H2,1-2H3. The summed E-state index contributed by atoms with van der Waals surface area (Å²) in [5.41, 5.74) is 3.11. The molecule has 2 aromatic heterocycles.